The molecular formula is C28H39ClF3N7O. The van der Waals surface area contributed by atoms with E-state index in [1.54, 1.807) is 7.05 Å². The number of hydrogen-bond donors (Lipinski definition) is 2. The monoisotopic (exact) mass is 581 g/mol. The minimum absolute atomic E-state index is 0.0802. The van der Waals surface area contributed by atoms with Crippen LogP contribution in [0.15, 0.2) is 24.4 Å². The summed E-state index contributed by atoms with van der Waals surface area (Å²) in [6, 6.07) is 7.24. The molecule has 0 spiro atoms. The number of aromatic nitrogens is 2. The van der Waals surface area contributed by atoms with E-state index in [0.29, 0.717) is 31.5 Å². The number of likely N-dealkylation sites (N-methyl/N-ethyl adjacent to an activating group) is 1. The molecule has 1 aromatic carbocycles. The highest BCUT2D eigenvalue weighted by Crippen LogP contribution is 2.37. The van der Waals surface area contributed by atoms with Crippen LogP contribution >= 0.6 is 11.6 Å². The minimum atomic E-state index is -4.61. The van der Waals surface area contributed by atoms with Crippen molar-refractivity contribution >= 4 is 40.6 Å². The summed E-state index contributed by atoms with van der Waals surface area (Å²) in [6.45, 7) is 6.61. The summed E-state index contributed by atoms with van der Waals surface area (Å²) in [5.41, 5.74) is 2.03. The van der Waals surface area contributed by atoms with Crippen LogP contribution in [0.2, 0.25) is 0 Å². The van der Waals surface area contributed by atoms with E-state index in [-0.39, 0.29) is 24.2 Å². The lowest BCUT2D eigenvalue weighted by molar-refractivity contribution is -0.137. The lowest BCUT2D eigenvalue weighted by Gasteiger charge is -2.34. The number of rotatable bonds is 12. The van der Waals surface area contributed by atoms with Crippen molar-refractivity contribution in [1.29, 1.82) is 0 Å². The smallest absolute Gasteiger partial charge is 0.369 e. The van der Waals surface area contributed by atoms with Crippen molar-refractivity contribution < 1.29 is 18.0 Å². The SMILES string of the molecule is CCCC(Cl)C(=O)N(C)CCCNc1nc(Nc2ccc(N3CC4CC3CN4C)cc2CC)ncc1C(F)(F)F. The van der Waals surface area contributed by atoms with Crippen LogP contribution in [0.1, 0.15) is 50.7 Å². The number of fused-ring (bicyclic) bond motifs is 2. The first-order chi connectivity index (χ1) is 19.0. The number of amides is 1. The maximum Gasteiger partial charge on any atom is 0.421 e. The van der Waals surface area contributed by atoms with Crippen LogP contribution in [0.3, 0.4) is 0 Å². The molecule has 12 heteroatoms. The molecule has 3 unspecified atom stereocenters. The summed E-state index contributed by atoms with van der Waals surface area (Å²) < 4.78 is 41.1. The van der Waals surface area contributed by atoms with Gasteiger partial charge in [0.2, 0.25) is 11.9 Å². The van der Waals surface area contributed by atoms with Gasteiger partial charge in [-0.15, -0.1) is 11.6 Å². The van der Waals surface area contributed by atoms with Crippen molar-refractivity contribution in [3.63, 3.8) is 0 Å². The van der Waals surface area contributed by atoms with Crippen LogP contribution in [0, 0.1) is 0 Å². The van der Waals surface area contributed by atoms with Crippen molar-refractivity contribution in [3.05, 3.63) is 35.5 Å². The molecule has 2 bridgehead atoms. The van der Waals surface area contributed by atoms with Crippen molar-refractivity contribution in [2.75, 3.05) is 55.8 Å². The maximum atomic E-state index is 13.7. The molecule has 40 heavy (non-hydrogen) atoms. The number of hydrogen-bond acceptors (Lipinski definition) is 7. The van der Waals surface area contributed by atoms with Crippen LogP contribution in [-0.4, -0.2) is 83.4 Å². The molecule has 2 fully saturated rings. The van der Waals surface area contributed by atoms with Crippen LogP contribution in [-0.2, 0) is 17.4 Å². The number of alkyl halides is 4. The normalized spacial score (nSPS) is 19.6. The molecule has 0 aliphatic carbocycles. The van der Waals surface area contributed by atoms with Gasteiger partial charge in [-0.1, -0.05) is 20.3 Å². The highest BCUT2D eigenvalue weighted by atomic mass is 35.5. The molecular weight excluding hydrogens is 543 g/mol. The largest absolute Gasteiger partial charge is 0.421 e. The fraction of sp³-hybridized carbons (Fsp3) is 0.607. The maximum absolute atomic E-state index is 13.7. The Bertz CT molecular complexity index is 1180. The lowest BCUT2D eigenvalue weighted by atomic mass is 10.1. The van der Waals surface area contributed by atoms with E-state index in [4.69, 9.17) is 11.6 Å². The predicted molar refractivity (Wildman–Crippen MR) is 154 cm³/mol. The number of anilines is 4. The second-order valence-electron chi connectivity index (χ2n) is 10.7. The predicted octanol–water partition coefficient (Wildman–Crippen LogP) is 5.36. The molecule has 0 saturated carbocycles. The standard InChI is InChI=1S/C28H39ClF3N7O/c1-5-8-23(29)26(40)37(3)12-7-11-33-25-22(28(30,31)32)15-34-27(36-25)35-24-10-9-19(13-18(24)6-2)39-17-20-14-21(39)16-38(20)4/h9-10,13,15,20-21,23H,5-8,11-12,14,16-17H2,1-4H3,(H2,33,34,35,36). The molecule has 1 aromatic heterocycles. The van der Waals surface area contributed by atoms with Gasteiger partial charge < -0.3 is 20.4 Å². The molecule has 8 nitrogen and oxygen atoms in total. The zero-order valence-corrected chi connectivity index (χ0v) is 24.3. The van der Waals surface area contributed by atoms with Gasteiger partial charge in [-0.25, -0.2) is 4.98 Å². The number of likely N-dealkylation sites (tertiary alicyclic amines) is 1. The molecule has 220 valence electrons. The Morgan fingerprint density at radius 1 is 1.25 bits per heavy atom. The number of benzene rings is 1. The first-order valence-corrected chi connectivity index (χ1v) is 14.4. The fourth-order valence-electron chi connectivity index (χ4n) is 5.51. The summed E-state index contributed by atoms with van der Waals surface area (Å²) in [5.74, 6) is -0.404. The molecule has 2 aliphatic heterocycles. The molecule has 2 aliphatic rings. The topological polar surface area (TPSA) is 76.6 Å². The third kappa shape index (κ3) is 6.91. The Hall–Kier alpha value is -2.79. The summed E-state index contributed by atoms with van der Waals surface area (Å²) in [5, 5.41) is 5.33. The van der Waals surface area contributed by atoms with E-state index in [1.165, 1.54) is 11.3 Å². The third-order valence-electron chi connectivity index (χ3n) is 7.81. The van der Waals surface area contributed by atoms with Crippen LogP contribution < -0.4 is 15.5 Å². The number of nitrogens with zero attached hydrogens (tertiary/aromatic N) is 5. The number of carbonyl (C=O) groups is 1. The highest BCUT2D eigenvalue weighted by Gasteiger charge is 2.41. The van der Waals surface area contributed by atoms with E-state index in [9.17, 15) is 18.0 Å². The summed E-state index contributed by atoms with van der Waals surface area (Å²) in [7, 11) is 3.81. The van der Waals surface area contributed by atoms with Gasteiger partial charge in [0.15, 0.2) is 0 Å². The average molecular weight is 582 g/mol. The van der Waals surface area contributed by atoms with E-state index in [1.807, 2.05) is 19.9 Å². The molecule has 2 aromatic rings. The van der Waals surface area contributed by atoms with Gasteiger partial charge in [-0.3, -0.25) is 9.69 Å². The van der Waals surface area contributed by atoms with Crippen LogP contribution in [0.5, 0.6) is 0 Å². The minimum Gasteiger partial charge on any atom is -0.369 e. The number of halogens is 4. The van der Waals surface area contributed by atoms with E-state index in [0.717, 1.165) is 49.1 Å². The summed E-state index contributed by atoms with van der Waals surface area (Å²) >= 11 is 6.11. The average Bonchev–Trinajstić information content (AvgIpc) is 3.50. The first-order valence-electron chi connectivity index (χ1n) is 14.0. The summed E-state index contributed by atoms with van der Waals surface area (Å²) in [6.07, 6.45) is -0.0952. The Morgan fingerprint density at radius 3 is 2.65 bits per heavy atom. The summed E-state index contributed by atoms with van der Waals surface area (Å²) in [4.78, 5) is 26.8. The Kier molecular flexibility index (Phi) is 9.66. The zero-order chi connectivity index (χ0) is 29.0. The number of aryl methyl sites for hydroxylation is 1. The van der Waals surface area contributed by atoms with Crippen LogP contribution in [0.25, 0.3) is 0 Å². The van der Waals surface area contributed by atoms with Gasteiger partial charge in [-0.05, 0) is 56.5 Å². The lowest BCUT2D eigenvalue weighted by Crippen LogP contribution is -2.44. The first kappa shape index (κ1) is 30.2. The molecule has 0 radical (unpaired) electrons. The van der Waals surface area contributed by atoms with Gasteiger partial charge in [-0.2, -0.15) is 18.2 Å². The van der Waals surface area contributed by atoms with Gasteiger partial charge in [0.05, 0.1) is 0 Å². The quantitative estimate of drug-likeness (QED) is 0.258. The van der Waals surface area contributed by atoms with Gasteiger partial charge >= 0.3 is 6.18 Å². The highest BCUT2D eigenvalue weighted by molar-refractivity contribution is 6.30. The van der Waals surface area contributed by atoms with E-state index in [2.05, 4.69) is 49.6 Å². The van der Waals surface area contributed by atoms with Gasteiger partial charge in [0.1, 0.15) is 16.8 Å². The second kappa shape index (κ2) is 12.8. The molecule has 2 N–H and O–H groups in total. The van der Waals surface area contributed by atoms with E-state index < -0.39 is 17.1 Å². The zero-order valence-electron chi connectivity index (χ0n) is 23.6. The fourth-order valence-corrected chi connectivity index (χ4v) is 5.89. The number of piperazine rings is 1. The number of nitrogens with one attached hydrogen (secondary N) is 2. The molecule has 3 atom stereocenters. The van der Waals surface area contributed by atoms with Crippen molar-refractivity contribution in [1.82, 2.24) is 19.8 Å². The van der Waals surface area contributed by atoms with Crippen molar-refractivity contribution in [2.24, 2.45) is 0 Å². The number of carbonyl (C=O) groups excluding carboxylic acids is 1. The second-order valence-corrected chi connectivity index (χ2v) is 11.2. The molecule has 1 amide bonds. The molecule has 4 rings (SSSR count). The van der Waals surface area contributed by atoms with E-state index >= 15 is 0 Å². The molecule has 3 heterocycles. The van der Waals surface area contributed by atoms with Gasteiger partial charge in [0, 0.05) is 62.9 Å². The Labute approximate surface area is 239 Å². The Balaban J connectivity index is 1.43. The van der Waals surface area contributed by atoms with Crippen molar-refractivity contribution in [2.45, 2.75) is 69.6 Å². The third-order valence-corrected chi connectivity index (χ3v) is 8.21. The Morgan fingerprint density at radius 2 is 2.02 bits per heavy atom. The van der Waals surface area contributed by atoms with Crippen LogP contribution in [0.4, 0.5) is 36.3 Å². The molecule has 2 saturated heterocycles. The van der Waals surface area contributed by atoms with Crippen molar-refractivity contribution in [3.8, 4) is 0 Å². The van der Waals surface area contributed by atoms with Gasteiger partial charge in [0.25, 0.3) is 0 Å².